The number of phenols is 1. The molecule has 7 nitrogen and oxygen atoms in total. The number of hydrogen-bond acceptors (Lipinski definition) is 5. The van der Waals surface area contributed by atoms with E-state index in [-0.39, 0.29) is 22.0 Å². The lowest BCUT2D eigenvalue weighted by Crippen LogP contribution is -2.33. The van der Waals surface area contributed by atoms with Crippen molar-refractivity contribution in [3.63, 3.8) is 0 Å². The molecule has 3 aromatic rings. The first-order valence-corrected chi connectivity index (χ1v) is 13.9. The zero-order chi connectivity index (χ0) is 26.9. The molecule has 0 bridgehead atoms. The number of nitrogens with one attached hydrogen (secondary N) is 2. The minimum atomic E-state index is -0.635. The number of halogens is 3. The van der Waals surface area contributed by atoms with Crippen molar-refractivity contribution in [2.24, 2.45) is 5.10 Å². The van der Waals surface area contributed by atoms with Gasteiger partial charge in [0.2, 0.25) is 0 Å². The van der Waals surface area contributed by atoms with E-state index in [9.17, 15) is 14.7 Å². The highest BCUT2D eigenvalue weighted by Gasteiger charge is 2.16. The minimum absolute atomic E-state index is 0.0147. The Hall–Kier alpha value is -2.64. The molecule has 2 amide bonds. The van der Waals surface area contributed by atoms with Gasteiger partial charge in [-0.15, -0.1) is 0 Å². The molecule has 0 radical (unpaired) electrons. The lowest BCUT2D eigenvalue weighted by Gasteiger charge is -2.21. The molecular formula is C27H25ClI2N4O3. The summed E-state index contributed by atoms with van der Waals surface area (Å²) in [5, 5.41) is 17.2. The van der Waals surface area contributed by atoms with Gasteiger partial charge in [-0.3, -0.25) is 9.59 Å². The Morgan fingerprint density at radius 3 is 2.38 bits per heavy atom. The maximum Gasteiger partial charge on any atom is 0.287 e. The summed E-state index contributed by atoms with van der Waals surface area (Å²) >= 11 is 10.3. The van der Waals surface area contributed by atoms with Crippen LogP contribution in [0.1, 0.15) is 35.3 Å². The van der Waals surface area contributed by atoms with Crippen LogP contribution < -0.4 is 15.6 Å². The van der Waals surface area contributed by atoms with Gasteiger partial charge < -0.3 is 15.3 Å². The minimum Gasteiger partial charge on any atom is -0.506 e. The van der Waals surface area contributed by atoms with Crippen LogP contribution in [0.3, 0.4) is 0 Å². The largest absolute Gasteiger partial charge is 0.506 e. The molecule has 0 fully saturated rings. The summed E-state index contributed by atoms with van der Waals surface area (Å²) in [6, 6.07) is 17.8. The molecule has 3 N–H and O–H groups in total. The number of hydrogen-bond donors (Lipinski definition) is 3. The number of phenolic OH excluding ortho intramolecular Hbond substituents is 1. The number of carbonyl (C=O) groups is 2. The van der Waals surface area contributed by atoms with E-state index in [0.717, 1.165) is 22.3 Å². The molecule has 0 atom stereocenters. The number of nitrogens with zero attached hydrogens (tertiary/aromatic N) is 2. The molecule has 0 unspecified atom stereocenters. The topological polar surface area (TPSA) is 94.0 Å². The van der Waals surface area contributed by atoms with Crippen molar-refractivity contribution < 1.29 is 14.7 Å². The normalized spacial score (nSPS) is 11.4. The number of benzene rings is 3. The number of hydrazone groups is 1. The van der Waals surface area contributed by atoms with Crippen molar-refractivity contribution >= 4 is 86.6 Å². The monoisotopic (exact) mass is 742 g/mol. The van der Waals surface area contributed by atoms with Crippen LogP contribution in [-0.4, -0.2) is 36.2 Å². The van der Waals surface area contributed by atoms with Crippen molar-refractivity contribution in [1.82, 2.24) is 10.7 Å². The van der Waals surface area contributed by atoms with Crippen LogP contribution in [0.2, 0.25) is 5.02 Å². The number of amides is 2. The quantitative estimate of drug-likeness (QED) is 0.108. The van der Waals surface area contributed by atoms with Gasteiger partial charge in [0.1, 0.15) is 11.4 Å². The van der Waals surface area contributed by atoms with Crippen molar-refractivity contribution in [2.45, 2.75) is 13.8 Å². The Labute approximate surface area is 248 Å². The number of rotatable bonds is 9. The second-order valence-electron chi connectivity index (χ2n) is 7.78. The fourth-order valence-corrected chi connectivity index (χ4v) is 5.55. The van der Waals surface area contributed by atoms with Crippen LogP contribution in [0.4, 0.5) is 5.69 Å². The lowest BCUT2D eigenvalue weighted by molar-refractivity contribution is -0.117. The fraction of sp³-hybridized carbons (Fsp3) is 0.148. The molecule has 0 aromatic heterocycles. The first-order chi connectivity index (χ1) is 17.7. The molecule has 3 rings (SSSR count). The van der Waals surface area contributed by atoms with Crippen LogP contribution in [0, 0.1) is 7.14 Å². The summed E-state index contributed by atoms with van der Waals surface area (Å²) in [6.45, 7) is 5.92. The van der Waals surface area contributed by atoms with Crippen molar-refractivity contribution in [2.75, 3.05) is 18.0 Å². The highest BCUT2D eigenvalue weighted by atomic mass is 127. The molecule has 0 aliphatic rings. The van der Waals surface area contributed by atoms with Crippen molar-refractivity contribution in [3.8, 4) is 5.75 Å². The average Bonchev–Trinajstić information content (AvgIpc) is 2.88. The summed E-state index contributed by atoms with van der Waals surface area (Å²) in [6.07, 6.45) is 2.92. The Morgan fingerprint density at radius 1 is 1.05 bits per heavy atom. The maximum atomic E-state index is 13.1. The zero-order valence-electron chi connectivity index (χ0n) is 20.1. The fourth-order valence-electron chi connectivity index (χ4n) is 3.44. The predicted octanol–water partition coefficient (Wildman–Crippen LogP) is 6.02. The van der Waals surface area contributed by atoms with E-state index in [1.165, 1.54) is 6.21 Å². The third-order valence-corrected chi connectivity index (χ3v) is 7.15. The van der Waals surface area contributed by atoms with Gasteiger partial charge in [-0.1, -0.05) is 35.9 Å². The van der Waals surface area contributed by atoms with Crippen molar-refractivity contribution in [3.05, 3.63) is 95.2 Å². The molecule has 3 aromatic carbocycles. The van der Waals surface area contributed by atoms with Gasteiger partial charge >= 0.3 is 0 Å². The highest BCUT2D eigenvalue weighted by molar-refractivity contribution is 14.1. The third-order valence-electron chi connectivity index (χ3n) is 5.37. The van der Waals surface area contributed by atoms with E-state index in [4.69, 9.17) is 11.6 Å². The molecule has 0 spiro atoms. The van der Waals surface area contributed by atoms with Gasteiger partial charge in [-0.2, -0.15) is 5.10 Å². The van der Waals surface area contributed by atoms with Crippen molar-refractivity contribution in [1.29, 1.82) is 0 Å². The smallest absolute Gasteiger partial charge is 0.287 e. The first-order valence-electron chi connectivity index (χ1n) is 11.4. The second-order valence-corrected chi connectivity index (χ2v) is 10.6. The van der Waals surface area contributed by atoms with Crippen LogP contribution in [0.25, 0.3) is 6.08 Å². The summed E-state index contributed by atoms with van der Waals surface area (Å²) < 4.78 is 1.58. The number of carbonyl (C=O) groups excluding carboxylic acids is 2. The standard InChI is InChI=1S/C27H25ClI2N4O3/c1-3-34(4-2)20-11-9-17(10-12-20)13-24(32-26(36)21-7-5-6-8-22(21)28)27(37)33-31-16-18-14-19(29)15-23(30)25(18)35/h5-16,35H,3-4H2,1-2H3,(H,32,36)(H,33,37). The number of anilines is 1. The second kappa shape index (κ2) is 13.8. The Morgan fingerprint density at radius 2 is 1.73 bits per heavy atom. The van der Waals surface area contributed by atoms with E-state index in [1.54, 1.807) is 36.4 Å². The molecule has 192 valence electrons. The van der Waals surface area contributed by atoms with Gasteiger partial charge in [0.05, 0.1) is 20.4 Å². The molecule has 0 saturated carbocycles. The Balaban J connectivity index is 1.88. The van der Waals surface area contributed by atoms with Crippen LogP contribution in [0.15, 0.2) is 71.5 Å². The van der Waals surface area contributed by atoms with E-state index in [2.05, 4.69) is 57.2 Å². The Kier molecular flexibility index (Phi) is 10.8. The third kappa shape index (κ3) is 7.92. The zero-order valence-corrected chi connectivity index (χ0v) is 25.2. The van der Waals surface area contributed by atoms with E-state index in [1.807, 2.05) is 52.9 Å². The summed E-state index contributed by atoms with van der Waals surface area (Å²) in [4.78, 5) is 28.2. The van der Waals surface area contributed by atoms with Crippen LogP contribution >= 0.6 is 56.8 Å². The van der Waals surface area contributed by atoms with Gasteiger partial charge in [0.25, 0.3) is 11.8 Å². The molecular weight excluding hydrogens is 718 g/mol. The average molecular weight is 743 g/mol. The Bertz CT molecular complexity index is 1340. The van der Waals surface area contributed by atoms with E-state index < -0.39 is 11.8 Å². The number of aromatic hydroxyl groups is 1. The van der Waals surface area contributed by atoms with Gasteiger partial charge in [0.15, 0.2) is 0 Å². The molecule has 0 aliphatic heterocycles. The maximum absolute atomic E-state index is 13.1. The van der Waals surface area contributed by atoms with Gasteiger partial charge in [0, 0.05) is 27.9 Å². The predicted molar refractivity (Wildman–Crippen MR) is 166 cm³/mol. The SMILES string of the molecule is CCN(CC)c1ccc(C=C(NC(=O)c2ccccc2Cl)C(=O)NN=Cc2cc(I)cc(I)c2O)cc1. The summed E-state index contributed by atoms with van der Waals surface area (Å²) in [5.41, 5.74) is 4.88. The van der Waals surface area contributed by atoms with Crippen LogP contribution in [0.5, 0.6) is 5.75 Å². The molecule has 0 aliphatic carbocycles. The molecule has 0 saturated heterocycles. The highest BCUT2D eigenvalue weighted by Crippen LogP contribution is 2.25. The molecule has 0 heterocycles. The van der Waals surface area contributed by atoms with Gasteiger partial charge in [-0.25, -0.2) is 5.43 Å². The van der Waals surface area contributed by atoms with Crippen LogP contribution in [-0.2, 0) is 4.79 Å². The molecule has 37 heavy (non-hydrogen) atoms. The van der Waals surface area contributed by atoms with Gasteiger partial charge in [-0.05, 0) is 107 Å². The van der Waals surface area contributed by atoms with E-state index in [0.29, 0.717) is 14.7 Å². The lowest BCUT2D eigenvalue weighted by atomic mass is 10.1. The first kappa shape index (κ1) is 28.9. The summed E-state index contributed by atoms with van der Waals surface area (Å²) in [5.74, 6) is -1.10. The molecule has 10 heteroatoms. The summed E-state index contributed by atoms with van der Waals surface area (Å²) in [7, 11) is 0. The van der Waals surface area contributed by atoms with E-state index >= 15 is 0 Å².